The lowest BCUT2D eigenvalue weighted by Gasteiger charge is -2.19. The Morgan fingerprint density at radius 3 is 2.44 bits per heavy atom. The summed E-state index contributed by atoms with van der Waals surface area (Å²) < 4.78 is 83.7. The van der Waals surface area contributed by atoms with E-state index in [1.165, 1.54) is 24.1 Å². The number of benzene rings is 2. The number of ether oxygens (including phenoxy) is 3. The molecule has 0 aliphatic rings. The van der Waals surface area contributed by atoms with Gasteiger partial charge in [0.1, 0.15) is 5.69 Å². The number of nitrogens with zero attached hydrogens (tertiary/aromatic N) is 4. The van der Waals surface area contributed by atoms with Crippen molar-refractivity contribution in [3.05, 3.63) is 77.0 Å². The van der Waals surface area contributed by atoms with Gasteiger partial charge in [-0.05, 0) is 18.2 Å². The fourth-order valence-electron chi connectivity index (χ4n) is 3.30. The van der Waals surface area contributed by atoms with E-state index in [1.807, 2.05) is 0 Å². The first-order chi connectivity index (χ1) is 17.3. The van der Waals surface area contributed by atoms with Gasteiger partial charge in [-0.1, -0.05) is 18.2 Å². The molecule has 0 aliphatic heterocycles. The van der Waals surface area contributed by atoms with Gasteiger partial charge in [0.05, 0.1) is 30.9 Å². The molecule has 0 amide bonds. The molecule has 13 heteroatoms. The summed E-state index contributed by atoms with van der Waals surface area (Å²) in [5, 5.41) is 8.36. The molecule has 4 rings (SSSR count). The van der Waals surface area contributed by atoms with E-state index < -0.39 is 48.1 Å². The van der Waals surface area contributed by atoms with Crippen molar-refractivity contribution in [2.75, 3.05) is 20.6 Å². The Morgan fingerprint density at radius 2 is 1.78 bits per heavy atom. The molecule has 0 spiro atoms. The Balaban J connectivity index is 1.90. The topological polar surface area (TPSA) is 80.4 Å². The minimum atomic E-state index is -4.30. The molecule has 0 bridgehead atoms. The summed E-state index contributed by atoms with van der Waals surface area (Å²) in [6, 6.07) is 11.5. The van der Waals surface area contributed by atoms with Crippen molar-refractivity contribution in [1.29, 1.82) is 0 Å². The normalized spacial score (nSPS) is 11.4. The van der Waals surface area contributed by atoms with Crippen LogP contribution in [0.3, 0.4) is 0 Å². The molecule has 36 heavy (non-hydrogen) atoms. The van der Waals surface area contributed by atoms with Gasteiger partial charge in [-0.3, -0.25) is 4.79 Å². The highest BCUT2D eigenvalue weighted by Crippen LogP contribution is 2.36. The SMILES string of the molecule is COc1cn(-c2cc(OC(F)(F)CF)c(OCF)cc2F)nc(-c2ccnn2-c2ccccc2)c1=O. The van der Waals surface area contributed by atoms with Crippen molar-refractivity contribution in [3.63, 3.8) is 0 Å². The number of methoxy groups -OCH3 is 1. The van der Waals surface area contributed by atoms with Crippen LogP contribution in [0.25, 0.3) is 22.8 Å². The van der Waals surface area contributed by atoms with Gasteiger partial charge < -0.3 is 14.2 Å². The number of rotatable bonds is 9. The molecule has 188 valence electrons. The summed E-state index contributed by atoms with van der Waals surface area (Å²) in [4.78, 5) is 13.0. The fourth-order valence-corrected chi connectivity index (χ4v) is 3.30. The van der Waals surface area contributed by atoms with E-state index >= 15 is 0 Å². The highest BCUT2D eigenvalue weighted by Gasteiger charge is 2.33. The number of halogens is 5. The molecule has 4 aromatic rings. The van der Waals surface area contributed by atoms with Crippen LogP contribution < -0.4 is 19.6 Å². The van der Waals surface area contributed by atoms with Crippen LogP contribution in [0.2, 0.25) is 0 Å². The molecule has 0 unspecified atom stereocenters. The number of hydrogen-bond donors (Lipinski definition) is 0. The van der Waals surface area contributed by atoms with Gasteiger partial charge in [-0.15, -0.1) is 0 Å². The summed E-state index contributed by atoms with van der Waals surface area (Å²) in [6.45, 7) is -3.69. The van der Waals surface area contributed by atoms with Crippen molar-refractivity contribution < 1.29 is 36.2 Å². The first-order valence-corrected chi connectivity index (χ1v) is 10.2. The predicted octanol–water partition coefficient (Wildman–Crippen LogP) is 4.48. The molecule has 0 fully saturated rings. The maximum absolute atomic E-state index is 15.0. The third-order valence-corrected chi connectivity index (χ3v) is 4.88. The van der Waals surface area contributed by atoms with Gasteiger partial charge >= 0.3 is 6.11 Å². The first-order valence-electron chi connectivity index (χ1n) is 10.2. The van der Waals surface area contributed by atoms with Crippen LogP contribution >= 0.6 is 0 Å². The zero-order valence-electron chi connectivity index (χ0n) is 18.5. The Hall–Kier alpha value is -4.42. The highest BCUT2D eigenvalue weighted by molar-refractivity contribution is 5.59. The second-order valence-electron chi connectivity index (χ2n) is 7.16. The van der Waals surface area contributed by atoms with E-state index in [4.69, 9.17) is 4.74 Å². The molecular formula is C23H17F5N4O4. The standard InChI is InChI=1S/C23H17F5N4O4/c1-34-20-11-31(17-10-19(36-23(27,28)12-24)18(35-13-25)9-15(17)26)30-21(22(20)33)16-7-8-29-32(16)14-5-3-2-4-6-14/h2-11H,12-13H2,1H3. The Labute approximate surface area is 200 Å². The van der Waals surface area contributed by atoms with Crippen molar-refractivity contribution >= 4 is 0 Å². The van der Waals surface area contributed by atoms with Crippen LogP contribution in [0.1, 0.15) is 0 Å². The van der Waals surface area contributed by atoms with Crippen molar-refractivity contribution in [2.45, 2.75) is 6.11 Å². The second-order valence-corrected chi connectivity index (χ2v) is 7.16. The maximum atomic E-state index is 15.0. The average Bonchev–Trinajstić information content (AvgIpc) is 3.36. The van der Waals surface area contributed by atoms with Gasteiger partial charge in [-0.25, -0.2) is 22.5 Å². The van der Waals surface area contributed by atoms with Gasteiger partial charge in [0.25, 0.3) is 5.43 Å². The van der Waals surface area contributed by atoms with E-state index in [9.17, 15) is 26.7 Å². The first kappa shape index (κ1) is 24.7. The molecule has 2 heterocycles. The van der Waals surface area contributed by atoms with E-state index in [0.29, 0.717) is 17.8 Å². The molecule has 2 aromatic heterocycles. The number of hydrogen-bond acceptors (Lipinski definition) is 6. The summed E-state index contributed by atoms with van der Waals surface area (Å²) in [6.07, 6.45) is -1.87. The van der Waals surface area contributed by atoms with Gasteiger partial charge in [0.15, 0.2) is 35.4 Å². The lowest BCUT2D eigenvalue weighted by Crippen LogP contribution is -2.27. The van der Waals surface area contributed by atoms with Crippen LogP contribution in [-0.4, -0.2) is 46.3 Å². The van der Waals surface area contributed by atoms with Crippen LogP contribution in [0.15, 0.2) is 65.7 Å². The Kier molecular flexibility index (Phi) is 6.90. The van der Waals surface area contributed by atoms with E-state index in [1.54, 1.807) is 30.3 Å². The second kappa shape index (κ2) is 10.1. The minimum absolute atomic E-state index is 0.212. The average molecular weight is 508 g/mol. The molecule has 0 aliphatic carbocycles. The lowest BCUT2D eigenvalue weighted by atomic mass is 10.2. The minimum Gasteiger partial charge on any atom is -0.491 e. The van der Waals surface area contributed by atoms with Gasteiger partial charge in [-0.2, -0.15) is 19.0 Å². The van der Waals surface area contributed by atoms with Gasteiger partial charge in [0, 0.05) is 12.1 Å². The molecular weight excluding hydrogens is 491 g/mol. The fraction of sp³-hybridized carbons (Fsp3) is 0.174. The molecule has 0 N–H and O–H groups in total. The summed E-state index contributed by atoms with van der Waals surface area (Å²) in [7, 11) is 1.20. The van der Waals surface area contributed by atoms with E-state index in [0.717, 1.165) is 10.9 Å². The summed E-state index contributed by atoms with van der Waals surface area (Å²) in [5.41, 5.74) is -0.565. The third-order valence-electron chi connectivity index (χ3n) is 4.88. The summed E-state index contributed by atoms with van der Waals surface area (Å²) in [5.74, 6) is -2.96. The van der Waals surface area contributed by atoms with Crippen molar-refractivity contribution in [1.82, 2.24) is 19.6 Å². The smallest absolute Gasteiger partial charge is 0.427 e. The Bertz CT molecular complexity index is 1430. The van der Waals surface area contributed by atoms with Crippen LogP contribution in [0.5, 0.6) is 17.2 Å². The zero-order chi connectivity index (χ0) is 25.9. The third kappa shape index (κ3) is 4.85. The molecule has 0 saturated heterocycles. The zero-order valence-corrected chi connectivity index (χ0v) is 18.5. The van der Waals surface area contributed by atoms with Crippen molar-refractivity contribution in [3.8, 4) is 40.0 Å². The number of aromatic nitrogens is 4. The maximum Gasteiger partial charge on any atom is 0.427 e. The van der Waals surface area contributed by atoms with Crippen LogP contribution in [-0.2, 0) is 0 Å². The van der Waals surface area contributed by atoms with Crippen molar-refractivity contribution in [2.24, 2.45) is 0 Å². The monoisotopic (exact) mass is 508 g/mol. The largest absolute Gasteiger partial charge is 0.491 e. The van der Waals surface area contributed by atoms with Gasteiger partial charge in [0.2, 0.25) is 6.86 Å². The lowest BCUT2D eigenvalue weighted by molar-refractivity contribution is -0.187. The molecule has 8 nitrogen and oxygen atoms in total. The summed E-state index contributed by atoms with van der Waals surface area (Å²) >= 11 is 0. The predicted molar refractivity (Wildman–Crippen MR) is 117 cm³/mol. The Morgan fingerprint density at radius 1 is 1.03 bits per heavy atom. The van der Waals surface area contributed by atoms with E-state index in [2.05, 4.69) is 19.7 Å². The van der Waals surface area contributed by atoms with E-state index in [-0.39, 0.29) is 17.1 Å². The molecule has 0 atom stereocenters. The molecule has 2 aromatic carbocycles. The quantitative estimate of drug-likeness (QED) is 0.310. The number of para-hydroxylation sites is 1. The molecule has 0 radical (unpaired) electrons. The van der Waals surface area contributed by atoms with Crippen LogP contribution in [0, 0.1) is 5.82 Å². The number of alkyl halides is 4. The highest BCUT2D eigenvalue weighted by atomic mass is 19.3. The van der Waals surface area contributed by atoms with Crippen LogP contribution in [0.4, 0.5) is 22.0 Å². The molecule has 0 saturated carbocycles.